The Kier molecular flexibility index (Phi) is 108. The molecule has 0 unspecified atom stereocenters. The van der Waals surface area contributed by atoms with E-state index < -0.39 is 0 Å². The summed E-state index contributed by atoms with van der Waals surface area (Å²) in [5.41, 5.74) is 0. The maximum Gasteiger partial charge on any atom is 0 e. The molecule has 0 aliphatic carbocycles. The number of hydrogen-bond donors (Lipinski definition) is 0. The van der Waals surface area contributed by atoms with Gasteiger partial charge in [0.1, 0.15) is 0 Å². The third-order valence-electron chi connectivity index (χ3n) is 0. The molecule has 0 fully saturated rings. The van der Waals surface area contributed by atoms with Crippen LogP contribution in [0.25, 0.3) is 0 Å². The molecule has 0 nitrogen and oxygen atoms in total. The van der Waals surface area contributed by atoms with E-state index in [4.69, 9.17) is 0 Å². The van der Waals surface area contributed by atoms with Crippen LogP contribution in [0.15, 0.2) is 0 Å². The fourth-order valence-electron chi connectivity index (χ4n) is 0. The van der Waals surface area contributed by atoms with Gasteiger partial charge in [0.05, 0.1) is 0 Å². The molecule has 4 heavy (non-hydrogen) atoms. The largest absolute Gasteiger partial charge is 0 e. The Labute approximate surface area is 96.9 Å². The monoisotopic (exact) mass is 327 g/mol. The average Bonchev–Trinajstić information content (AvgIpc) is 0. The van der Waals surface area contributed by atoms with Crippen molar-refractivity contribution in [1.29, 1.82) is 0 Å². The SMILES string of the molecule is [Ga].[In].[Na].[Sn]. The van der Waals surface area contributed by atoms with E-state index in [1.807, 2.05) is 0 Å². The molecule has 0 aromatic rings. The Morgan fingerprint density at radius 2 is 1.00 bits per heavy atom. The van der Waals surface area contributed by atoms with Crippen molar-refractivity contribution in [1.82, 2.24) is 0 Å². The van der Waals surface area contributed by atoms with Gasteiger partial charge in [-0.3, -0.25) is 0 Å². The molecule has 0 aliphatic rings. The molecule has 0 atom stereocenters. The van der Waals surface area contributed by atoms with E-state index in [9.17, 15) is 0 Å². The van der Waals surface area contributed by atoms with Gasteiger partial charge in [0.25, 0.3) is 0 Å². The Bertz CT molecular complexity index is 8.00. The van der Waals surface area contributed by atoms with Gasteiger partial charge in [0.2, 0.25) is 0 Å². The first-order chi connectivity index (χ1) is 0. The van der Waals surface area contributed by atoms with Crippen LogP contribution in [-0.4, -0.2) is 99.1 Å². The molecule has 0 heterocycles. The summed E-state index contributed by atoms with van der Waals surface area (Å²) in [4.78, 5) is 0. The van der Waals surface area contributed by atoms with E-state index in [-0.39, 0.29) is 99.1 Å². The van der Waals surface area contributed by atoms with Crippen molar-refractivity contribution in [2.24, 2.45) is 0 Å². The number of hydrogen-bond acceptors (Lipinski definition) is 0. The van der Waals surface area contributed by atoms with E-state index in [1.54, 1.807) is 0 Å². The smallest absolute Gasteiger partial charge is 0 e. The van der Waals surface area contributed by atoms with Crippen molar-refractivity contribution in [2.75, 3.05) is 0 Å². The van der Waals surface area contributed by atoms with Crippen LogP contribution in [0.2, 0.25) is 0 Å². The first-order valence-electron chi connectivity index (χ1n) is 0. The van der Waals surface area contributed by atoms with Gasteiger partial charge in [-0.15, -0.1) is 0 Å². The van der Waals surface area contributed by atoms with Gasteiger partial charge in [-0.2, -0.15) is 0 Å². The molecular weight excluding hydrogens is 326 g/mol. The van der Waals surface area contributed by atoms with Crippen LogP contribution >= 0.6 is 0 Å². The van der Waals surface area contributed by atoms with Crippen LogP contribution in [0.5, 0.6) is 0 Å². The molecular formula is GaInNaSn. The van der Waals surface area contributed by atoms with Crippen LogP contribution in [0.1, 0.15) is 0 Å². The van der Waals surface area contributed by atoms with Crippen molar-refractivity contribution in [3.05, 3.63) is 0 Å². The zero-order valence-corrected chi connectivity index (χ0v) is 13.2. The van der Waals surface area contributed by atoms with Crippen LogP contribution < -0.4 is 0 Å². The topological polar surface area (TPSA) is 0 Å². The molecule has 0 spiro atoms. The minimum Gasteiger partial charge on any atom is 0 e. The summed E-state index contributed by atoms with van der Waals surface area (Å²) in [5, 5.41) is 0. The maximum absolute atomic E-state index is 0. The van der Waals surface area contributed by atoms with Gasteiger partial charge in [-0.25, -0.2) is 0 Å². The van der Waals surface area contributed by atoms with E-state index in [1.165, 1.54) is 0 Å². The predicted molar refractivity (Wildman–Crippen MR) is 23.0 cm³/mol. The second-order valence-corrected chi connectivity index (χ2v) is 0. The average molecular weight is 326 g/mol. The zero-order valence-electron chi connectivity index (χ0n) is 2.65. The van der Waals surface area contributed by atoms with Gasteiger partial charge in [0, 0.05) is 99.1 Å². The Morgan fingerprint density at radius 3 is 1.00 bits per heavy atom. The summed E-state index contributed by atoms with van der Waals surface area (Å²) in [7, 11) is 0. The molecule has 0 rings (SSSR count). The summed E-state index contributed by atoms with van der Waals surface area (Å²) in [6.45, 7) is 0. The molecule has 0 aromatic heterocycles. The molecule has 0 aliphatic heterocycles. The third kappa shape index (κ3) is 9.00. The van der Waals surface area contributed by atoms with Gasteiger partial charge >= 0.3 is 0 Å². The van der Waals surface area contributed by atoms with E-state index in [2.05, 4.69) is 0 Å². The fraction of sp³-hybridized carbons (Fsp3) is 0. The van der Waals surface area contributed by atoms with E-state index >= 15 is 0 Å². The molecule has 11 valence electrons. The second kappa shape index (κ2) is 16.2. The molecule has 0 bridgehead atoms. The van der Waals surface area contributed by atoms with E-state index in [0.717, 1.165) is 0 Å². The minimum atomic E-state index is 0. The van der Waals surface area contributed by atoms with Crippen molar-refractivity contribution in [2.45, 2.75) is 0 Å². The maximum atomic E-state index is 0. The standard InChI is InChI=1S/Ga.In.Na.Sn. The van der Waals surface area contributed by atoms with Gasteiger partial charge < -0.3 is 0 Å². The molecule has 0 amide bonds. The fourth-order valence-corrected chi connectivity index (χ4v) is 0. The summed E-state index contributed by atoms with van der Waals surface area (Å²) < 4.78 is 0. The van der Waals surface area contributed by atoms with Crippen LogP contribution in [0.3, 0.4) is 0 Å². The van der Waals surface area contributed by atoms with Crippen LogP contribution in [0.4, 0.5) is 0 Å². The van der Waals surface area contributed by atoms with Crippen molar-refractivity contribution >= 4 is 99.1 Å². The number of rotatable bonds is 0. The van der Waals surface area contributed by atoms with E-state index in [0.29, 0.717) is 0 Å². The van der Waals surface area contributed by atoms with Crippen molar-refractivity contribution in [3.8, 4) is 0 Å². The quantitative estimate of drug-likeness (QED) is 0.474. The molecule has 0 saturated heterocycles. The summed E-state index contributed by atoms with van der Waals surface area (Å²) in [5.74, 6) is 0. The van der Waals surface area contributed by atoms with Gasteiger partial charge in [-0.05, 0) is 0 Å². The summed E-state index contributed by atoms with van der Waals surface area (Å²) in [6.07, 6.45) is 0. The predicted octanol–water partition coefficient (Wildman–Crippen LogP) is -1.52. The second-order valence-electron chi connectivity index (χ2n) is 0. The normalized spacial score (nSPS) is 0. The summed E-state index contributed by atoms with van der Waals surface area (Å²) >= 11 is 0. The van der Waals surface area contributed by atoms with Crippen LogP contribution in [0, 0.1) is 0 Å². The minimum absolute atomic E-state index is 0. The molecule has 4 heteroatoms. The molecule has 0 saturated carbocycles. The van der Waals surface area contributed by atoms with Gasteiger partial charge in [-0.1, -0.05) is 0 Å². The third-order valence-corrected chi connectivity index (χ3v) is 0. The Hall–Kier alpha value is 3.31. The molecule has 0 N–H and O–H groups in total. The van der Waals surface area contributed by atoms with Crippen LogP contribution in [-0.2, 0) is 0 Å². The Balaban J connectivity index is 0. The first kappa shape index (κ1) is 26.6. The Morgan fingerprint density at radius 1 is 1.00 bits per heavy atom. The zero-order chi connectivity index (χ0) is 0. The summed E-state index contributed by atoms with van der Waals surface area (Å²) in [6, 6.07) is 0. The first-order valence-corrected chi connectivity index (χ1v) is 0. The van der Waals surface area contributed by atoms with Crippen molar-refractivity contribution < 1.29 is 0 Å². The van der Waals surface area contributed by atoms with Gasteiger partial charge in [0.15, 0.2) is 0 Å². The van der Waals surface area contributed by atoms with Crippen molar-refractivity contribution in [3.63, 3.8) is 0 Å². The molecule has 0 aromatic carbocycles. The molecule has 11 radical (unpaired) electrons.